The molecule has 31 heavy (non-hydrogen) atoms. The second-order valence-corrected chi connectivity index (χ2v) is 9.97. The molecular weight excluding hydrogens is 446 g/mol. The van der Waals surface area contributed by atoms with Gasteiger partial charge in [0.1, 0.15) is 17.1 Å². The fourth-order valence-corrected chi connectivity index (χ4v) is 5.60. The van der Waals surface area contributed by atoms with Gasteiger partial charge < -0.3 is 15.4 Å². The second-order valence-electron chi connectivity index (χ2n) is 7.91. The second kappa shape index (κ2) is 7.92. The van der Waals surface area contributed by atoms with Crippen molar-refractivity contribution in [3.8, 4) is 5.75 Å². The number of halogens is 4. The molecule has 1 saturated heterocycles. The summed E-state index contributed by atoms with van der Waals surface area (Å²) in [7, 11) is -2.09. The predicted molar refractivity (Wildman–Crippen MR) is 100.0 cm³/mol. The van der Waals surface area contributed by atoms with E-state index in [1.165, 1.54) is 7.05 Å². The Labute approximate surface area is 175 Å². The van der Waals surface area contributed by atoms with Crippen LogP contribution >= 0.6 is 0 Å². The molecule has 2 amide bonds. The highest BCUT2D eigenvalue weighted by Gasteiger charge is 2.51. The summed E-state index contributed by atoms with van der Waals surface area (Å²) >= 11 is 0. The summed E-state index contributed by atoms with van der Waals surface area (Å²) in [5, 5.41) is 4.78. The number of nitrogens with one attached hydrogen (secondary N) is 2. The Kier molecular flexibility index (Phi) is 5.93. The van der Waals surface area contributed by atoms with Crippen molar-refractivity contribution in [1.29, 1.82) is 0 Å². The Bertz CT molecular complexity index is 980. The molecule has 1 aromatic rings. The first-order valence-corrected chi connectivity index (χ1v) is 11.2. The number of pyridine rings is 1. The normalized spacial score (nSPS) is 20.7. The van der Waals surface area contributed by atoms with E-state index in [4.69, 9.17) is 4.74 Å². The van der Waals surface area contributed by atoms with Gasteiger partial charge in [-0.2, -0.15) is 13.2 Å². The third-order valence-corrected chi connectivity index (χ3v) is 7.25. The Morgan fingerprint density at radius 2 is 1.90 bits per heavy atom. The summed E-state index contributed by atoms with van der Waals surface area (Å²) in [5.41, 5.74) is -3.81. The summed E-state index contributed by atoms with van der Waals surface area (Å²) in [5.74, 6) is -2.81. The number of rotatable bonds is 7. The number of ether oxygens (including phenoxy) is 1. The Hall–Kier alpha value is -2.44. The number of aromatic nitrogens is 1. The average molecular weight is 467 g/mol. The summed E-state index contributed by atoms with van der Waals surface area (Å²) in [6.45, 7) is -1.68. The van der Waals surface area contributed by atoms with Gasteiger partial charge >= 0.3 is 6.18 Å². The van der Waals surface area contributed by atoms with Crippen molar-refractivity contribution in [3.05, 3.63) is 23.5 Å². The molecule has 1 aliphatic carbocycles. The van der Waals surface area contributed by atoms with Crippen LogP contribution in [0.15, 0.2) is 12.3 Å². The van der Waals surface area contributed by atoms with Gasteiger partial charge in [-0.3, -0.25) is 14.6 Å². The summed E-state index contributed by atoms with van der Waals surface area (Å²) in [6.07, 6.45) is -3.29. The van der Waals surface area contributed by atoms with Gasteiger partial charge in [-0.05, 0) is 19.3 Å². The SMILES string of the molecule is CNC(=O)CC1(NC(=O)c2cc(OCC(F)(F)F)c(C3(F)CCC3)cn2)CS(=O)(=O)C1. The van der Waals surface area contributed by atoms with Crippen LogP contribution in [0.25, 0.3) is 0 Å². The molecule has 1 aromatic heterocycles. The maximum atomic E-state index is 14.8. The van der Waals surface area contributed by atoms with E-state index in [0.29, 0.717) is 6.42 Å². The van der Waals surface area contributed by atoms with Gasteiger partial charge in [0.2, 0.25) is 5.91 Å². The molecule has 0 aromatic carbocycles. The lowest BCUT2D eigenvalue weighted by Crippen LogP contribution is -2.66. The first-order chi connectivity index (χ1) is 14.3. The van der Waals surface area contributed by atoms with E-state index >= 15 is 0 Å². The number of sulfone groups is 1. The fraction of sp³-hybridized carbons (Fsp3) is 0.611. The van der Waals surface area contributed by atoms with E-state index in [-0.39, 0.29) is 30.5 Å². The van der Waals surface area contributed by atoms with E-state index in [0.717, 1.165) is 12.3 Å². The molecule has 2 aliphatic rings. The van der Waals surface area contributed by atoms with Crippen molar-refractivity contribution in [2.24, 2.45) is 0 Å². The van der Waals surface area contributed by atoms with E-state index < -0.39 is 62.9 Å². The number of hydrogen-bond acceptors (Lipinski definition) is 6. The predicted octanol–water partition coefficient (Wildman–Crippen LogP) is 1.40. The highest BCUT2D eigenvalue weighted by molar-refractivity contribution is 7.93. The van der Waals surface area contributed by atoms with Crippen molar-refractivity contribution >= 4 is 21.7 Å². The van der Waals surface area contributed by atoms with Crippen LogP contribution in [0, 0.1) is 0 Å². The zero-order valence-corrected chi connectivity index (χ0v) is 17.3. The Morgan fingerprint density at radius 1 is 1.26 bits per heavy atom. The third-order valence-electron chi connectivity index (χ3n) is 5.27. The molecule has 0 radical (unpaired) electrons. The molecule has 2 heterocycles. The van der Waals surface area contributed by atoms with Crippen molar-refractivity contribution in [1.82, 2.24) is 15.6 Å². The van der Waals surface area contributed by atoms with Gasteiger partial charge in [0.15, 0.2) is 16.4 Å². The van der Waals surface area contributed by atoms with Crippen molar-refractivity contribution in [2.45, 2.75) is 43.1 Å². The smallest absolute Gasteiger partial charge is 0.422 e. The maximum absolute atomic E-state index is 14.8. The maximum Gasteiger partial charge on any atom is 0.422 e. The molecule has 1 saturated carbocycles. The molecule has 0 bridgehead atoms. The number of carbonyl (C=O) groups excluding carboxylic acids is 2. The van der Waals surface area contributed by atoms with E-state index in [2.05, 4.69) is 15.6 Å². The molecule has 3 rings (SSSR count). The van der Waals surface area contributed by atoms with Crippen LogP contribution in [-0.2, 0) is 20.3 Å². The molecule has 2 N–H and O–H groups in total. The minimum atomic E-state index is -4.68. The van der Waals surface area contributed by atoms with Crippen LogP contribution < -0.4 is 15.4 Å². The molecule has 172 valence electrons. The standard InChI is InChI=1S/C18H21F4N3O5S/c1-23-14(26)6-16(9-31(28,29)10-16)25-15(27)12-5-13(30-8-18(20,21)22)11(7-24-12)17(19)3-2-4-17/h5,7H,2-4,6,8-10H2,1H3,(H,23,26)(H,25,27). The van der Waals surface area contributed by atoms with Crippen molar-refractivity contribution in [2.75, 3.05) is 25.2 Å². The monoisotopic (exact) mass is 467 g/mol. The van der Waals surface area contributed by atoms with Crippen LogP contribution in [0.4, 0.5) is 17.6 Å². The fourth-order valence-electron chi connectivity index (χ4n) is 3.65. The lowest BCUT2D eigenvalue weighted by atomic mass is 9.77. The molecule has 0 atom stereocenters. The summed E-state index contributed by atoms with van der Waals surface area (Å²) < 4.78 is 80.8. The molecule has 8 nitrogen and oxygen atoms in total. The minimum absolute atomic E-state index is 0.0930. The molecule has 13 heteroatoms. The van der Waals surface area contributed by atoms with E-state index in [9.17, 15) is 35.6 Å². The average Bonchev–Trinajstić information content (AvgIpc) is 2.61. The molecule has 1 aliphatic heterocycles. The van der Waals surface area contributed by atoms with Gasteiger partial charge in [-0.15, -0.1) is 0 Å². The highest BCUT2D eigenvalue weighted by atomic mass is 32.2. The van der Waals surface area contributed by atoms with Crippen LogP contribution in [0.3, 0.4) is 0 Å². The quantitative estimate of drug-likeness (QED) is 0.586. The Balaban J connectivity index is 1.85. The molecule has 0 unspecified atom stereocenters. The first kappa shape index (κ1) is 23.2. The Morgan fingerprint density at radius 3 is 2.39 bits per heavy atom. The zero-order valence-electron chi connectivity index (χ0n) is 16.5. The third kappa shape index (κ3) is 5.25. The summed E-state index contributed by atoms with van der Waals surface area (Å²) in [4.78, 5) is 28.2. The molecule has 0 spiro atoms. The van der Waals surface area contributed by atoms with E-state index in [1.807, 2.05) is 0 Å². The minimum Gasteiger partial charge on any atom is -0.484 e. The van der Waals surface area contributed by atoms with Gasteiger partial charge in [0.05, 0.1) is 23.5 Å². The molecular formula is C18H21F4N3O5S. The van der Waals surface area contributed by atoms with Crippen LogP contribution in [0.1, 0.15) is 41.7 Å². The van der Waals surface area contributed by atoms with Crippen molar-refractivity contribution < 1.29 is 40.3 Å². The van der Waals surface area contributed by atoms with Gasteiger partial charge in [0, 0.05) is 24.9 Å². The number of nitrogens with zero attached hydrogens (tertiary/aromatic N) is 1. The number of amides is 2. The largest absolute Gasteiger partial charge is 0.484 e. The molecule has 2 fully saturated rings. The highest BCUT2D eigenvalue weighted by Crippen LogP contribution is 2.48. The topological polar surface area (TPSA) is 114 Å². The van der Waals surface area contributed by atoms with E-state index in [1.54, 1.807) is 0 Å². The van der Waals surface area contributed by atoms with Crippen LogP contribution in [-0.4, -0.2) is 62.1 Å². The van der Waals surface area contributed by atoms with Gasteiger partial charge in [0.25, 0.3) is 5.91 Å². The number of hydrogen-bond donors (Lipinski definition) is 2. The van der Waals surface area contributed by atoms with Crippen molar-refractivity contribution in [3.63, 3.8) is 0 Å². The summed E-state index contributed by atoms with van der Waals surface area (Å²) in [6, 6.07) is 0.900. The van der Waals surface area contributed by atoms with Crippen LogP contribution in [0.2, 0.25) is 0 Å². The number of alkyl halides is 4. The zero-order chi connectivity index (χ0) is 23.1. The van der Waals surface area contributed by atoms with Gasteiger partial charge in [-0.25, -0.2) is 12.8 Å². The lowest BCUT2D eigenvalue weighted by molar-refractivity contribution is -0.154. The van der Waals surface area contributed by atoms with Crippen LogP contribution in [0.5, 0.6) is 5.75 Å². The lowest BCUT2D eigenvalue weighted by Gasteiger charge is -2.41. The van der Waals surface area contributed by atoms with Gasteiger partial charge in [-0.1, -0.05) is 0 Å². The first-order valence-electron chi connectivity index (χ1n) is 9.39. The number of carbonyl (C=O) groups is 2.